The Morgan fingerprint density at radius 2 is 1.68 bits per heavy atom. The van der Waals surface area contributed by atoms with E-state index < -0.39 is 0 Å². The van der Waals surface area contributed by atoms with Gasteiger partial charge in [0, 0.05) is 31.3 Å². The van der Waals surface area contributed by atoms with Gasteiger partial charge in [0.1, 0.15) is 0 Å². The van der Waals surface area contributed by atoms with E-state index in [1.165, 1.54) is 0 Å². The first-order valence-corrected chi connectivity index (χ1v) is 8.66. The van der Waals surface area contributed by atoms with Crippen molar-refractivity contribution in [2.75, 3.05) is 18.0 Å². The van der Waals surface area contributed by atoms with E-state index in [2.05, 4.69) is 12.2 Å². The molecule has 0 aliphatic carbocycles. The molecule has 0 aromatic heterocycles. The molecular formula is C21H26N2O2. The third-order valence-corrected chi connectivity index (χ3v) is 4.36. The first-order valence-electron chi connectivity index (χ1n) is 8.66. The Morgan fingerprint density at radius 3 is 2.32 bits per heavy atom. The van der Waals surface area contributed by atoms with Crippen molar-refractivity contribution in [2.45, 2.75) is 34.1 Å². The Kier molecular flexibility index (Phi) is 6.34. The second-order valence-corrected chi connectivity index (χ2v) is 6.18. The van der Waals surface area contributed by atoms with Gasteiger partial charge in [-0.1, -0.05) is 43.3 Å². The number of aryl methyl sites for hydroxylation is 3. The molecule has 0 unspecified atom stereocenters. The van der Waals surface area contributed by atoms with Gasteiger partial charge in [-0.15, -0.1) is 0 Å². The summed E-state index contributed by atoms with van der Waals surface area (Å²) in [4.78, 5) is 26.3. The lowest BCUT2D eigenvalue weighted by atomic mass is 10.0. The first kappa shape index (κ1) is 18.7. The number of carbonyl (C=O) groups excluding carboxylic acids is 2. The molecule has 0 heterocycles. The fourth-order valence-electron chi connectivity index (χ4n) is 3.02. The molecule has 2 rings (SSSR count). The number of benzene rings is 2. The molecule has 2 aromatic carbocycles. The lowest BCUT2D eigenvalue weighted by Crippen LogP contribution is -2.38. The molecule has 0 spiro atoms. The van der Waals surface area contributed by atoms with Gasteiger partial charge in [0.2, 0.25) is 5.91 Å². The lowest BCUT2D eigenvalue weighted by Gasteiger charge is -2.26. The second kappa shape index (κ2) is 8.47. The topological polar surface area (TPSA) is 49.4 Å². The van der Waals surface area contributed by atoms with Crippen LogP contribution >= 0.6 is 0 Å². The Balaban J connectivity index is 2.10. The Morgan fingerprint density at radius 1 is 1.00 bits per heavy atom. The number of para-hydroxylation sites is 1. The summed E-state index contributed by atoms with van der Waals surface area (Å²) in [5.74, 6) is -0.128. The molecular weight excluding hydrogens is 312 g/mol. The van der Waals surface area contributed by atoms with Crippen LogP contribution in [0.2, 0.25) is 0 Å². The number of hydrogen-bond donors (Lipinski definition) is 1. The molecule has 25 heavy (non-hydrogen) atoms. The van der Waals surface area contributed by atoms with Crippen LogP contribution in [0, 0.1) is 13.8 Å². The van der Waals surface area contributed by atoms with Crippen molar-refractivity contribution in [1.29, 1.82) is 0 Å². The summed E-state index contributed by atoms with van der Waals surface area (Å²) in [6.07, 6.45) is 0.858. The molecule has 0 radical (unpaired) electrons. The highest BCUT2D eigenvalue weighted by molar-refractivity contribution is 5.96. The summed E-state index contributed by atoms with van der Waals surface area (Å²) in [7, 11) is 0. The van der Waals surface area contributed by atoms with Crippen molar-refractivity contribution in [3.05, 3.63) is 64.7 Å². The molecule has 2 amide bonds. The third-order valence-electron chi connectivity index (χ3n) is 4.36. The van der Waals surface area contributed by atoms with Crippen molar-refractivity contribution in [3.8, 4) is 0 Å². The van der Waals surface area contributed by atoms with E-state index in [0.29, 0.717) is 18.7 Å². The second-order valence-electron chi connectivity index (χ2n) is 6.18. The van der Waals surface area contributed by atoms with Gasteiger partial charge in [0.05, 0.1) is 0 Å². The number of hydrogen-bond acceptors (Lipinski definition) is 2. The average Bonchev–Trinajstić information content (AvgIpc) is 2.59. The van der Waals surface area contributed by atoms with Gasteiger partial charge >= 0.3 is 0 Å². The zero-order valence-corrected chi connectivity index (χ0v) is 15.4. The molecule has 1 N–H and O–H groups in total. The molecule has 0 fully saturated rings. The largest absolute Gasteiger partial charge is 0.350 e. The molecule has 4 heteroatoms. The highest BCUT2D eigenvalue weighted by Crippen LogP contribution is 2.25. The number of anilines is 1. The van der Waals surface area contributed by atoms with Crippen molar-refractivity contribution in [2.24, 2.45) is 0 Å². The van der Waals surface area contributed by atoms with Crippen LogP contribution in [0.3, 0.4) is 0 Å². The molecule has 0 saturated heterocycles. The number of rotatable bonds is 6. The highest BCUT2D eigenvalue weighted by Gasteiger charge is 2.17. The fraction of sp³-hybridized carbons (Fsp3) is 0.333. The van der Waals surface area contributed by atoms with Gasteiger partial charge in [0.15, 0.2) is 0 Å². The normalized spacial score (nSPS) is 10.4. The van der Waals surface area contributed by atoms with Crippen molar-refractivity contribution in [3.63, 3.8) is 0 Å². The summed E-state index contributed by atoms with van der Waals surface area (Å²) in [6, 6.07) is 13.6. The van der Waals surface area contributed by atoms with E-state index in [1.54, 1.807) is 11.8 Å². The van der Waals surface area contributed by atoms with Gasteiger partial charge < -0.3 is 10.2 Å². The lowest BCUT2D eigenvalue weighted by molar-refractivity contribution is -0.116. The van der Waals surface area contributed by atoms with Crippen LogP contribution in [-0.2, 0) is 11.2 Å². The van der Waals surface area contributed by atoms with Gasteiger partial charge in [0.25, 0.3) is 5.91 Å². The Hall–Kier alpha value is -2.62. The zero-order valence-electron chi connectivity index (χ0n) is 15.4. The zero-order chi connectivity index (χ0) is 18.4. The SMILES string of the molecule is CCc1cccc(C)c1N(CCNC(=O)c1ccccc1C)C(C)=O. The highest BCUT2D eigenvalue weighted by atomic mass is 16.2. The Bertz CT molecular complexity index is 768. The minimum atomic E-state index is -0.109. The molecule has 0 bridgehead atoms. The molecule has 0 saturated carbocycles. The summed E-state index contributed by atoms with van der Waals surface area (Å²) in [6.45, 7) is 8.43. The predicted octanol–water partition coefficient (Wildman–Crippen LogP) is 3.65. The van der Waals surface area contributed by atoms with E-state index in [-0.39, 0.29) is 11.8 Å². The predicted molar refractivity (Wildman–Crippen MR) is 102 cm³/mol. The average molecular weight is 338 g/mol. The summed E-state index contributed by atoms with van der Waals surface area (Å²) < 4.78 is 0. The van der Waals surface area contributed by atoms with Crippen LogP contribution in [0.15, 0.2) is 42.5 Å². The van der Waals surface area contributed by atoms with Gasteiger partial charge in [-0.2, -0.15) is 0 Å². The molecule has 0 atom stereocenters. The van der Waals surface area contributed by atoms with Crippen LogP contribution in [-0.4, -0.2) is 24.9 Å². The molecule has 4 nitrogen and oxygen atoms in total. The summed E-state index contributed by atoms with van der Waals surface area (Å²) >= 11 is 0. The standard InChI is InChI=1S/C21H26N2O2/c1-5-18-11-8-10-16(3)20(18)23(17(4)24)14-13-22-21(25)19-12-7-6-9-15(19)2/h6-12H,5,13-14H2,1-4H3,(H,22,25). The molecule has 132 valence electrons. The summed E-state index contributed by atoms with van der Waals surface area (Å²) in [5.41, 5.74) is 4.78. The van der Waals surface area contributed by atoms with Crippen LogP contribution in [0.4, 0.5) is 5.69 Å². The van der Waals surface area contributed by atoms with E-state index in [0.717, 1.165) is 28.8 Å². The van der Waals surface area contributed by atoms with Crippen molar-refractivity contribution < 1.29 is 9.59 Å². The number of amides is 2. The van der Waals surface area contributed by atoms with Gasteiger partial charge in [-0.3, -0.25) is 9.59 Å². The van der Waals surface area contributed by atoms with E-state index in [9.17, 15) is 9.59 Å². The molecule has 0 aliphatic heterocycles. The maximum atomic E-state index is 12.3. The first-order chi connectivity index (χ1) is 12.0. The fourth-order valence-corrected chi connectivity index (χ4v) is 3.02. The summed E-state index contributed by atoms with van der Waals surface area (Å²) in [5, 5.41) is 2.92. The maximum Gasteiger partial charge on any atom is 0.251 e. The van der Waals surface area contributed by atoms with Crippen LogP contribution in [0.1, 0.15) is 40.9 Å². The van der Waals surface area contributed by atoms with Crippen molar-refractivity contribution in [1.82, 2.24) is 5.32 Å². The number of nitrogens with zero attached hydrogens (tertiary/aromatic N) is 1. The monoisotopic (exact) mass is 338 g/mol. The maximum absolute atomic E-state index is 12.3. The van der Waals surface area contributed by atoms with Crippen LogP contribution < -0.4 is 10.2 Å². The van der Waals surface area contributed by atoms with Crippen LogP contribution in [0.25, 0.3) is 0 Å². The van der Waals surface area contributed by atoms with E-state index >= 15 is 0 Å². The van der Waals surface area contributed by atoms with E-state index in [1.807, 2.05) is 56.3 Å². The van der Waals surface area contributed by atoms with Gasteiger partial charge in [-0.05, 0) is 43.0 Å². The number of carbonyl (C=O) groups is 2. The smallest absolute Gasteiger partial charge is 0.251 e. The Labute approximate surface area is 149 Å². The van der Waals surface area contributed by atoms with E-state index in [4.69, 9.17) is 0 Å². The minimum Gasteiger partial charge on any atom is -0.350 e. The molecule has 0 aliphatic rings. The molecule has 2 aromatic rings. The minimum absolute atomic E-state index is 0.0193. The number of nitrogens with one attached hydrogen (secondary N) is 1. The van der Waals surface area contributed by atoms with Gasteiger partial charge in [-0.25, -0.2) is 0 Å². The van der Waals surface area contributed by atoms with Crippen molar-refractivity contribution >= 4 is 17.5 Å². The quantitative estimate of drug-likeness (QED) is 0.874. The van der Waals surface area contributed by atoms with Crippen LogP contribution in [0.5, 0.6) is 0 Å². The third kappa shape index (κ3) is 4.47.